The van der Waals surface area contributed by atoms with Gasteiger partial charge in [-0.05, 0) is 24.3 Å². The normalized spacial score (nSPS) is 9.43. The van der Waals surface area contributed by atoms with Crippen LogP contribution in [-0.4, -0.2) is 29.2 Å². The van der Waals surface area contributed by atoms with E-state index < -0.39 is 26.7 Å². The molecule has 0 saturated heterocycles. The van der Waals surface area contributed by atoms with Crippen LogP contribution >= 0.6 is 0 Å². The Kier molecular flexibility index (Phi) is 11.9. The molecule has 23 heavy (non-hydrogen) atoms. The maximum atomic E-state index is 10.3. The van der Waals surface area contributed by atoms with Crippen molar-refractivity contribution >= 4 is 16.1 Å². The van der Waals surface area contributed by atoms with Gasteiger partial charge in [0.15, 0.2) is 0 Å². The first-order chi connectivity index (χ1) is 9.73. The molecule has 0 bridgehead atoms. The van der Waals surface area contributed by atoms with Crippen molar-refractivity contribution in [2.24, 2.45) is 0 Å². The fourth-order valence-electron chi connectivity index (χ4n) is 1.31. The molecule has 2 aromatic rings. The monoisotopic (exact) mass is 356 g/mol. The molecule has 0 aromatic heterocycles. The van der Waals surface area contributed by atoms with Gasteiger partial charge >= 0.3 is 59.1 Å². The average molecular weight is 356 g/mol. The van der Waals surface area contributed by atoms with E-state index in [1.165, 1.54) is 30.3 Å². The first-order valence-corrected chi connectivity index (χ1v) is 6.87. The molecule has 7 nitrogen and oxygen atoms in total. The van der Waals surface area contributed by atoms with Gasteiger partial charge in [0.25, 0.3) is 0 Å². The molecule has 0 spiro atoms. The number of hydrogen-bond donors (Lipinski definition) is 2. The van der Waals surface area contributed by atoms with E-state index in [0.717, 1.165) is 12.1 Å². The van der Waals surface area contributed by atoms with Gasteiger partial charge in [-0.25, -0.2) is 8.42 Å². The molecule has 10 heteroatoms. The van der Waals surface area contributed by atoms with Gasteiger partial charge in [-0.1, -0.05) is 24.3 Å². The Bertz CT molecular complexity index is 747. The predicted octanol–water partition coefficient (Wildman–Crippen LogP) is -5.94. The number of carbonyl (C=O) groups excluding carboxylic acids is 1. The fraction of sp³-hybridized carbons (Fsp3) is 0. The van der Waals surface area contributed by atoms with Crippen LogP contribution in [0.2, 0.25) is 0 Å². The largest absolute Gasteiger partial charge is 1.00 e. The molecule has 112 valence electrons. The summed E-state index contributed by atoms with van der Waals surface area (Å²) in [5, 5.41) is 27.9. The minimum Gasteiger partial charge on any atom is -0.744 e. The van der Waals surface area contributed by atoms with Gasteiger partial charge in [0.2, 0.25) is 0 Å². The summed E-state index contributed by atoms with van der Waals surface area (Å²) >= 11 is 0. The molecule has 0 heterocycles. The van der Waals surface area contributed by atoms with Crippen molar-refractivity contribution in [2.75, 3.05) is 0 Å². The third-order valence-corrected chi connectivity index (χ3v) is 3.14. The Labute approximate surface area is 177 Å². The van der Waals surface area contributed by atoms with E-state index in [0.29, 0.717) is 0 Å². The Morgan fingerprint density at radius 2 is 1.30 bits per heavy atom. The fourth-order valence-corrected chi connectivity index (χ4v) is 1.88. The van der Waals surface area contributed by atoms with Crippen LogP contribution in [0.25, 0.3) is 0 Å². The van der Waals surface area contributed by atoms with Gasteiger partial charge in [-0.3, -0.25) is 0 Å². The summed E-state index contributed by atoms with van der Waals surface area (Å²) in [5.74, 6) is -2.14. The van der Waals surface area contributed by atoms with Crippen molar-refractivity contribution in [3.8, 4) is 11.5 Å². The summed E-state index contributed by atoms with van der Waals surface area (Å²) in [6.07, 6.45) is 0. The second kappa shape index (κ2) is 11.1. The van der Waals surface area contributed by atoms with Gasteiger partial charge in [-0.15, -0.1) is 0 Å². The van der Waals surface area contributed by atoms with Crippen molar-refractivity contribution in [2.45, 2.75) is 4.90 Å². The summed E-state index contributed by atoms with van der Waals surface area (Å²) in [6, 6.07) is 10.6. The summed E-state index contributed by atoms with van der Waals surface area (Å²) in [6.45, 7) is 0. The van der Waals surface area contributed by atoms with E-state index in [1.807, 2.05) is 0 Å². The van der Waals surface area contributed by atoms with E-state index in [9.17, 15) is 22.9 Å². The molecule has 2 aromatic carbocycles. The number of carboxylic acids is 1. The Morgan fingerprint density at radius 3 is 1.61 bits per heavy atom. The molecule has 0 amide bonds. The topological polar surface area (TPSA) is 138 Å². The van der Waals surface area contributed by atoms with Crippen LogP contribution in [0.5, 0.6) is 11.5 Å². The maximum absolute atomic E-state index is 10.3. The Hall–Kier alpha value is -0.580. The Balaban J connectivity index is 0. The van der Waals surface area contributed by atoms with Gasteiger partial charge in [-0.2, -0.15) is 0 Å². The van der Waals surface area contributed by atoms with Gasteiger partial charge < -0.3 is 24.7 Å². The van der Waals surface area contributed by atoms with Crippen LogP contribution < -0.4 is 64.2 Å². The van der Waals surface area contributed by atoms with Crippen LogP contribution in [0.1, 0.15) is 10.4 Å². The van der Waals surface area contributed by atoms with E-state index in [2.05, 4.69) is 0 Å². The van der Waals surface area contributed by atoms with Gasteiger partial charge in [0.05, 0.1) is 10.9 Å². The van der Waals surface area contributed by atoms with Crippen LogP contribution in [-0.2, 0) is 10.1 Å². The molecule has 2 rings (SSSR count). The summed E-state index contributed by atoms with van der Waals surface area (Å²) < 4.78 is 31.0. The number of para-hydroxylation sites is 2. The Morgan fingerprint density at radius 1 is 0.870 bits per heavy atom. The standard InChI is InChI=1S/C7H6O3.C6H6O4S.2Na/c8-6-4-2-1-3-5(6)7(9)10;7-5-3-1-2-4-6(5)11(8,9)10;;/h1-4,8H,(H,9,10);1-4,7H,(H,8,9,10);;/q;;2*+1/p-2. The SMILES string of the molecule is O=C([O-])c1ccccc1O.O=S(=O)([O-])c1ccccc1O.[Na+].[Na+]. The number of carbonyl (C=O) groups is 1. The number of rotatable bonds is 2. The van der Waals surface area contributed by atoms with E-state index in [4.69, 9.17) is 10.2 Å². The smallest absolute Gasteiger partial charge is 0.744 e. The molecular formula is C13H10Na2O7S. The molecule has 0 radical (unpaired) electrons. The van der Waals surface area contributed by atoms with Crippen molar-refractivity contribution in [1.82, 2.24) is 0 Å². The summed E-state index contributed by atoms with van der Waals surface area (Å²) in [7, 11) is -4.53. The first-order valence-electron chi connectivity index (χ1n) is 5.46. The van der Waals surface area contributed by atoms with Crippen molar-refractivity contribution in [1.29, 1.82) is 0 Å². The zero-order valence-electron chi connectivity index (χ0n) is 12.5. The van der Waals surface area contributed by atoms with E-state index in [1.54, 1.807) is 6.07 Å². The number of hydrogen-bond acceptors (Lipinski definition) is 7. The van der Waals surface area contributed by atoms with Crippen molar-refractivity contribution < 1.29 is 92.2 Å². The number of aromatic hydroxyl groups is 2. The second-order valence-electron chi connectivity index (χ2n) is 3.73. The molecule has 0 saturated carbocycles. The average Bonchev–Trinajstić information content (AvgIpc) is 2.39. The molecule has 0 fully saturated rings. The molecule has 2 N–H and O–H groups in total. The van der Waals surface area contributed by atoms with Crippen molar-refractivity contribution in [3.05, 3.63) is 54.1 Å². The quantitative estimate of drug-likeness (QED) is 0.404. The summed E-state index contributed by atoms with van der Waals surface area (Å²) in [5.41, 5.74) is -0.178. The summed E-state index contributed by atoms with van der Waals surface area (Å²) in [4.78, 5) is 9.57. The first kappa shape index (κ1) is 24.7. The van der Waals surface area contributed by atoms with Crippen LogP contribution in [0, 0.1) is 0 Å². The number of phenols is 2. The molecule has 0 aliphatic heterocycles. The second-order valence-corrected chi connectivity index (χ2v) is 5.07. The number of aromatic carboxylic acids is 1. The van der Waals surface area contributed by atoms with Gasteiger partial charge in [0.1, 0.15) is 21.6 Å². The van der Waals surface area contributed by atoms with E-state index >= 15 is 0 Å². The predicted molar refractivity (Wildman–Crippen MR) is 68.5 cm³/mol. The van der Waals surface area contributed by atoms with Crippen LogP contribution in [0.15, 0.2) is 53.4 Å². The zero-order valence-corrected chi connectivity index (χ0v) is 17.3. The van der Waals surface area contributed by atoms with Crippen LogP contribution in [0.4, 0.5) is 0 Å². The third kappa shape index (κ3) is 8.18. The minimum absolute atomic E-state index is 0. The maximum Gasteiger partial charge on any atom is 1.00 e. The molecule has 0 atom stereocenters. The number of benzene rings is 2. The number of carboxylic acid groups (broad SMARTS) is 1. The van der Waals surface area contributed by atoms with Crippen LogP contribution in [0.3, 0.4) is 0 Å². The van der Waals surface area contributed by atoms with Crippen molar-refractivity contribution in [3.63, 3.8) is 0 Å². The molecule has 0 aliphatic rings. The molecule has 0 aliphatic carbocycles. The molecular weight excluding hydrogens is 346 g/mol. The van der Waals surface area contributed by atoms with Gasteiger partial charge in [0, 0.05) is 5.56 Å². The third-order valence-electron chi connectivity index (χ3n) is 2.26. The molecule has 0 unspecified atom stereocenters. The zero-order chi connectivity index (χ0) is 16.0. The number of phenolic OH excluding ortho intramolecular Hbond substituents is 1. The minimum atomic E-state index is -4.53. The van der Waals surface area contributed by atoms with E-state index in [-0.39, 0.29) is 70.4 Å².